The van der Waals surface area contributed by atoms with Crippen molar-refractivity contribution >= 4 is 17.5 Å². The smallest absolute Gasteiger partial charge is 0.338 e. The number of carbonyl (C=O) groups excluding carboxylic acids is 2. The Balaban J connectivity index is 1.33. The molecule has 1 aromatic carbocycles. The van der Waals surface area contributed by atoms with Gasteiger partial charge in [0.15, 0.2) is 11.5 Å². The summed E-state index contributed by atoms with van der Waals surface area (Å²) in [5, 5.41) is 5.98. The van der Waals surface area contributed by atoms with Crippen molar-refractivity contribution in [2.45, 2.75) is 50.0 Å². The number of nitrogens with one attached hydrogen (secondary N) is 1. The Morgan fingerprint density at radius 2 is 1.83 bits per heavy atom. The summed E-state index contributed by atoms with van der Waals surface area (Å²) in [6, 6.07) is 3.10. The van der Waals surface area contributed by atoms with Crippen molar-refractivity contribution in [3.05, 3.63) is 53.2 Å². The molecule has 1 aliphatic carbocycles. The van der Waals surface area contributed by atoms with Crippen molar-refractivity contribution in [2.24, 2.45) is 12.8 Å². The monoisotopic (exact) mass is 583 g/mol. The average molecular weight is 584 g/mol. The number of aryl methyl sites for hydroxylation is 1. The minimum atomic E-state index is -4.93. The van der Waals surface area contributed by atoms with Crippen LogP contribution < -0.4 is 11.1 Å². The molecule has 2 fully saturated rings. The molecule has 220 valence electrons. The summed E-state index contributed by atoms with van der Waals surface area (Å²) in [6.45, 7) is 2.02. The number of piperidine rings is 1. The predicted molar refractivity (Wildman–Crippen MR) is 135 cm³/mol. The van der Waals surface area contributed by atoms with Crippen molar-refractivity contribution in [1.29, 1.82) is 0 Å². The molecule has 2 amide bonds. The zero-order valence-corrected chi connectivity index (χ0v) is 22.1. The first-order chi connectivity index (χ1) is 19.1. The van der Waals surface area contributed by atoms with Crippen molar-refractivity contribution in [2.75, 3.05) is 25.0 Å². The Kier molecular flexibility index (Phi) is 6.91. The van der Waals surface area contributed by atoms with Gasteiger partial charge in [0.1, 0.15) is 11.7 Å². The Bertz CT molecular complexity index is 1500. The highest BCUT2D eigenvalue weighted by Gasteiger charge is 2.59. The number of aromatic nitrogens is 4. The van der Waals surface area contributed by atoms with Crippen molar-refractivity contribution in [1.82, 2.24) is 24.2 Å². The predicted octanol–water partition coefficient (Wildman–Crippen LogP) is 4.35. The number of rotatable bonds is 6. The summed E-state index contributed by atoms with van der Waals surface area (Å²) in [7, 11) is 1.32. The van der Waals surface area contributed by atoms with Crippen LogP contribution in [-0.4, -0.2) is 67.3 Å². The summed E-state index contributed by atoms with van der Waals surface area (Å²) < 4.78 is 84.2. The van der Waals surface area contributed by atoms with Gasteiger partial charge in [0.2, 0.25) is 0 Å². The average Bonchev–Trinajstić information content (AvgIpc) is 3.20. The molecule has 1 aliphatic heterocycles. The number of carbonyl (C=O) groups is 2. The molecule has 5 rings (SSSR count). The normalized spacial score (nSPS) is 19.7. The van der Waals surface area contributed by atoms with E-state index < -0.39 is 47.4 Å². The molecule has 2 aliphatic rings. The maximum atomic E-state index is 14.4. The second-order valence-corrected chi connectivity index (χ2v) is 10.5. The van der Waals surface area contributed by atoms with E-state index in [1.54, 1.807) is 17.9 Å². The standard InChI is InChI=1S/C26H27F6N7O2/c1-14-9-15(3-4-16(14)23(41)38-7-5-24(27,13-33)6-8-38)35-22(40)21-34-11-18(37(21)2)17-12-39(19-10-25(19,28)29)36-20(17)26(30,31)32/h3-4,9,11-12,19H,5-8,10,13,33H2,1-2H3,(H,35,40). The quantitative estimate of drug-likeness (QED) is 0.420. The van der Waals surface area contributed by atoms with Crippen LogP contribution in [0.1, 0.15) is 57.5 Å². The van der Waals surface area contributed by atoms with Crippen LogP contribution in [0.4, 0.5) is 32.0 Å². The molecule has 41 heavy (non-hydrogen) atoms. The van der Waals surface area contributed by atoms with Gasteiger partial charge in [-0.25, -0.2) is 18.2 Å². The molecule has 1 atom stereocenters. The molecule has 2 aromatic heterocycles. The van der Waals surface area contributed by atoms with Crippen LogP contribution in [0.25, 0.3) is 11.3 Å². The second kappa shape index (κ2) is 9.89. The van der Waals surface area contributed by atoms with E-state index in [9.17, 15) is 35.9 Å². The van der Waals surface area contributed by atoms with E-state index in [0.29, 0.717) is 21.5 Å². The summed E-state index contributed by atoms with van der Waals surface area (Å²) in [5.41, 5.74) is 3.25. The number of likely N-dealkylation sites (tertiary alicyclic amines) is 1. The lowest BCUT2D eigenvalue weighted by atomic mass is 9.93. The van der Waals surface area contributed by atoms with Crippen LogP contribution in [0.5, 0.6) is 0 Å². The Morgan fingerprint density at radius 1 is 1.17 bits per heavy atom. The maximum absolute atomic E-state index is 14.4. The number of imidazole rings is 1. The lowest BCUT2D eigenvalue weighted by molar-refractivity contribution is -0.141. The van der Waals surface area contributed by atoms with E-state index in [1.165, 1.54) is 19.2 Å². The molecule has 1 saturated carbocycles. The number of alkyl halides is 6. The van der Waals surface area contributed by atoms with Crippen LogP contribution in [0.3, 0.4) is 0 Å². The minimum absolute atomic E-state index is 0.105. The number of nitrogens with two attached hydrogens (primary N) is 1. The molecule has 0 spiro atoms. The number of benzene rings is 1. The van der Waals surface area contributed by atoms with Crippen molar-refractivity contribution in [3.63, 3.8) is 0 Å². The number of amides is 2. The van der Waals surface area contributed by atoms with Crippen LogP contribution in [-0.2, 0) is 13.2 Å². The number of hydrogen-bond acceptors (Lipinski definition) is 5. The third kappa shape index (κ3) is 5.42. The van der Waals surface area contributed by atoms with Gasteiger partial charge < -0.3 is 20.5 Å². The molecule has 1 saturated heterocycles. The van der Waals surface area contributed by atoms with Gasteiger partial charge in [-0.15, -0.1) is 0 Å². The van der Waals surface area contributed by atoms with Gasteiger partial charge >= 0.3 is 6.18 Å². The van der Waals surface area contributed by atoms with Crippen molar-refractivity contribution in [3.8, 4) is 11.3 Å². The van der Waals surface area contributed by atoms with Gasteiger partial charge in [-0.2, -0.15) is 18.3 Å². The highest BCUT2D eigenvalue weighted by atomic mass is 19.4. The Morgan fingerprint density at radius 3 is 2.39 bits per heavy atom. The molecule has 1 unspecified atom stereocenters. The summed E-state index contributed by atoms with van der Waals surface area (Å²) in [6.07, 6.45) is -3.32. The van der Waals surface area contributed by atoms with Crippen LogP contribution >= 0.6 is 0 Å². The van der Waals surface area contributed by atoms with E-state index >= 15 is 0 Å². The third-order valence-electron chi connectivity index (χ3n) is 7.61. The van der Waals surface area contributed by atoms with Gasteiger partial charge in [-0.05, 0) is 30.7 Å². The maximum Gasteiger partial charge on any atom is 0.435 e. The molecule has 9 nitrogen and oxygen atoms in total. The zero-order chi connectivity index (χ0) is 29.9. The summed E-state index contributed by atoms with van der Waals surface area (Å²) in [5.74, 6) is -4.40. The first-order valence-electron chi connectivity index (χ1n) is 12.8. The topological polar surface area (TPSA) is 111 Å². The number of hydrogen-bond donors (Lipinski definition) is 2. The van der Waals surface area contributed by atoms with E-state index in [2.05, 4.69) is 15.4 Å². The minimum Gasteiger partial charge on any atom is -0.338 e. The van der Waals surface area contributed by atoms with E-state index in [1.807, 2.05) is 0 Å². The third-order valence-corrected chi connectivity index (χ3v) is 7.61. The van der Waals surface area contributed by atoms with Crippen LogP contribution in [0, 0.1) is 6.92 Å². The first kappa shape index (κ1) is 28.6. The number of nitrogens with zero attached hydrogens (tertiary/aromatic N) is 5. The SMILES string of the molecule is Cc1cc(NC(=O)c2ncc(-c3cn(C4CC4(F)F)nc3C(F)(F)F)n2C)ccc1C(=O)N1CCC(F)(CN)CC1. The van der Waals surface area contributed by atoms with Crippen molar-refractivity contribution < 1.29 is 35.9 Å². The number of anilines is 1. The van der Waals surface area contributed by atoms with E-state index in [4.69, 9.17) is 5.73 Å². The molecule has 0 radical (unpaired) electrons. The molecular formula is C26H27F6N7O2. The Hall–Kier alpha value is -3.88. The second-order valence-electron chi connectivity index (χ2n) is 10.5. The Labute approximate surface area is 230 Å². The fourth-order valence-corrected chi connectivity index (χ4v) is 4.96. The van der Waals surface area contributed by atoms with Gasteiger partial charge in [0.25, 0.3) is 17.7 Å². The highest BCUT2D eigenvalue weighted by Crippen LogP contribution is 2.53. The number of halogens is 6. The molecule has 0 bridgehead atoms. The van der Waals surface area contributed by atoms with E-state index in [-0.39, 0.29) is 49.9 Å². The molecule has 15 heteroatoms. The lowest BCUT2D eigenvalue weighted by Gasteiger charge is -2.35. The van der Waals surface area contributed by atoms with Gasteiger partial charge in [0, 0.05) is 63.4 Å². The van der Waals surface area contributed by atoms with Gasteiger partial charge in [0.05, 0.1) is 17.5 Å². The zero-order valence-electron chi connectivity index (χ0n) is 22.1. The fraction of sp³-hybridized carbons (Fsp3) is 0.462. The van der Waals surface area contributed by atoms with E-state index in [0.717, 1.165) is 17.0 Å². The summed E-state index contributed by atoms with van der Waals surface area (Å²) in [4.78, 5) is 31.5. The largest absolute Gasteiger partial charge is 0.435 e. The fourth-order valence-electron chi connectivity index (χ4n) is 4.96. The van der Waals surface area contributed by atoms with Gasteiger partial charge in [-0.3, -0.25) is 14.3 Å². The molecule has 3 heterocycles. The van der Waals surface area contributed by atoms with Crippen LogP contribution in [0.2, 0.25) is 0 Å². The first-order valence-corrected chi connectivity index (χ1v) is 12.8. The molecular weight excluding hydrogens is 556 g/mol. The highest BCUT2D eigenvalue weighted by molar-refractivity contribution is 6.03. The van der Waals surface area contributed by atoms with Crippen LogP contribution in [0.15, 0.2) is 30.6 Å². The molecule has 3 N–H and O–H groups in total. The summed E-state index contributed by atoms with van der Waals surface area (Å²) >= 11 is 0. The molecule has 3 aromatic rings. The van der Waals surface area contributed by atoms with Gasteiger partial charge in [-0.1, -0.05) is 0 Å². The lowest BCUT2D eigenvalue weighted by Crippen LogP contribution is -2.47.